The van der Waals surface area contributed by atoms with E-state index >= 15 is 0 Å². The summed E-state index contributed by atoms with van der Waals surface area (Å²) in [7, 11) is 0. The first-order valence-electron chi connectivity index (χ1n) is 14.7. The summed E-state index contributed by atoms with van der Waals surface area (Å²) in [6.07, 6.45) is 3.44. The number of aromatic hydroxyl groups is 4. The molecule has 6 nitrogen and oxygen atoms in total. The Morgan fingerprint density at radius 1 is 0.689 bits per heavy atom. The molecule has 2 aliphatic carbocycles. The van der Waals surface area contributed by atoms with Gasteiger partial charge in [-0.15, -0.1) is 0 Å². The zero-order valence-corrected chi connectivity index (χ0v) is 24.2. The summed E-state index contributed by atoms with van der Waals surface area (Å²) in [5.41, 5.74) is 7.66. The van der Waals surface area contributed by atoms with E-state index in [1.54, 1.807) is 24.3 Å². The summed E-state index contributed by atoms with van der Waals surface area (Å²) in [4.78, 5) is 0. The lowest BCUT2D eigenvalue weighted by Gasteiger charge is -2.34. The lowest BCUT2D eigenvalue weighted by Crippen LogP contribution is -2.29. The molecule has 6 N–H and O–H groups in total. The van der Waals surface area contributed by atoms with Gasteiger partial charge in [-0.3, -0.25) is 0 Å². The predicted octanol–water partition coefficient (Wildman–Crippen LogP) is 6.74. The molecule has 0 heterocycles. The highest BCUT2D eigenvalue weighted by molar-refractivity contribution is 5.85. The molecular formula is C39H30O6. The number of aliphatic hydroxyl groups excluding tert-OH is 2. The highest BCUT2D eigenvalue weighted by Crippen LogP contribution is 2.56. The van der Waals surface area contributed by atoms with Crippen molar-refractivity contribution in [1.29, 1.82) is 0 Å². The Hall–Kier alpha value is -5.64. The maximum atomic E-state index is 11.0. The van der Waals surface area contributed by atoms with E-state index in [1.807, 2.05) is 54.6 Å². The predicted molar refractivity (Wildman–Crippen MR) is 170 cm³/mol. The van der Waals surface area contributed by atoms with Crippen molar-refractivity contribution in [1.82, 2.24) is 0 Å². The molecule has 222 valence electrons. The van der Waals surface area contributed by atoms with Gasteiger partial charge in [0.1, 0.15) is 23.4 Å². The van der Waals surface area contributed by atoms with Gasteiger partial charge in [0.05, 0.1) is 5.41 Å². The lowest BCUT2D eigenvalue weighted by molar-refractivity contribution is 0.153. The van der Waals surface area contributed by atoms with Crippen molar-refractivity contribution in [3.05, 3.63) is 166 Å². The van der Waals surface area contributed by atoms with Gasteiger partial charge in [-0.05, 0) is 99.0 Å². The molecule has 0 aliphatic heterocycles. The van der Waals surface area contributed by atoms with Crippen LogP contribution in [0.15, 0.2) is 114 Å². The molecule has 45 heavy (non-hydrogen) atoms. The molecule has 0 saturated carbocycles. The Kier molecular flexibility index (Phi) is 6.77. The van der Waals surface area contributed by atoms with E-state index in [-0.39, 0.29) is 28.8 Å². The highest BCUT2D eigenvalue weighted by Gasteiger charge is 2.46. The van der Waals surface area contributed by atoms with Crippen LogP contribution in [0.2, 0.25) is 0 Å². The topological polar surface area (TPSA) is 121 Å². The van der Waals surface area contributed by atoms with Gasteiger partial charge >= 0.3 is 0 Å². The Morgan fingerprint density at radius 3 is 2.09 bits per heavy atom. The monoisotopic (exact) mass is 594 g/mol. The third-order valence-electron chi connectivity index (χ3n) is 8.94. The standard InChI is InChI=1S/C39H30O6/c40-33-15-11-27(21-25(33)17-23-9-13-35(42)37(44)19-23)39(31-7-3-1-5-29(31)30-6-2-4-8-32(30)39)28-12-16-34(41)26(22-28)18-24-10-14-36(43)38(45)20-24/h1,3-5,7-13,15-16,19-22,36,40-45H,14,17-18H2/t36?,39-/m0/s1. The van der Waals surface area contributed by atoms with Crippen LogP contribution in [0.1, 0.15) is 45.4 Å². The van der Waals surface area contributed by atoms with Crippen LogP contribution in [0.3, 0.4) is 0 Å². The number of phenols is 4. The van der Waals surface area contributed by atoms with Crippen molar-refractivity contribution in [2.45, 2.75) is 30.8 Å². The fourth-order valence-electron chi connectivity index (χ4n) is 6.77. The highest BCUT2D eigenvalue weighted by atomic mass is 16.3. The molecule has 0 bridgehead atoms. The van der Waals surface area contributed by atoms with Gasteiger partial charge in [0.2, 0.25) is 0 Å². The van der Waals surface area contributed by atoms with E-state index in [2.05, 4.69) is 24.3 Å². The van der Waals surface area contributed by atoms with Gasteiger partial charge in [0.15, 0.2) is 11.5 Å². The van der Waals surface area contributed by atoms with Gasteiger partial charge in [-0.25, -0.2) is 0 Å². The molecule has 2 aliphatic rings. The van der Waals surface area contributed by atoms with Crippen molar-refractivity contribution in [3.8, 4) is 34.1 Å². The number of allylic oxidation sites excluding steroid dienone is 2. The van der Waals surface area contributed by atoms with Crippen LogP contribution >= 0.6 is 0 Å². The summed E-state index contributed by atoms with van der Waals surface area (Å²) in [6.45, 7) is 0. The first kappa shape index (κ1) is 28.1. The van der Waals surface area contributed by atoms with Gasteiger partial charge in [0.25, 0.3) is 0 Å². The third kappa shape index (κ3) is 4.66. The molecule has 0 amide bonds. The second-order valence-electron chi connectivity index (χ2n) is 11.7. The Balaban J connectivity index is 1.44. The van der Waals surface area contributed by atoms with Crippen molar-refractivity contribution < 1.29 is 30.6 Å². The summed E-state index contributed by atoms with van der Waals surface area (Å²) in [5.74, 6) is -0.315. The molecule has 0 spiro atoms. The van der Waals surface area contributed by atoms with Crippen LogP contribution in [0.5, 0.6) is 23.0 Å². The Bertz CT molecular complexity index is 1980. The number of benzene rings is 4. The number of rotatable bonds is 6. The Morgan fingerprint density at radius 2 is 1.38 bits per heavy atom. The number of hydrogen-bond donors (Lipinski definition) is 6. The average molecular weight is 595 g/mol. The van der Waals surface area contributed by atoms with E-state index in [1.165, 1.54) is 12.1 Å². The minimum absolute atomic E-state index is 0.0939. The second kappa shape index (κ2) is 10.8. The van der Waals surface area contributed by atoms with Crippen molar-refractivity contribution in [3.63, 3.8) is 0 Å². The van der Waals surface area contributed by atoms with Crippen LogP contribution in [0.25, 0.3) is 11.1 Å². The second-order valence-corrected chi connectivity index (χ2v) is 11.7. The van der Waals surface area contributed by atoms with Crippen molar-refractivity contribution in [2.24, 2.45) is 0 Å². The zero-order chi connectivity index (χ0) is 31.3. The molecule has 0 saturated heterocycles. The fourth-order valence-corrected chi connectivity index (χ4v) is 6.77. The average Bonchev–Trinajstić information content (AvgIpc) is 3.34. The maximum Gasteiger partial charge on any atom is 0.157 e. The van der Waals surface area contributed by atoms with E-state index in [9.17, 15) is 30.6 Å². The minimum Gasteiger partial charge on any atom is -0.510 e. The van der Waals surface area contributed by atoms with Crippen LogP contribution in [0.4, 0.5) is 0 Å². The molecule has 0 fully saturated rings. The van der Waals surface area contributed by atoms with Gasteiger partial charge < -0.3 is 30.6 Å². The van der Waals surface area contributed by atoms with Gasteiger partial charge in [-0.1, -0.05) is 72.8 Å². The molecule has 0 radical (unpaired) electrons. The summed E-state index contributed by atoms with van der Waals surface area (Å²) < 4.78 is 0. The summed E-state index contributed by atoms with van der Waals surface area (Å²) >= 11 is 0. The quantitative estimate of drug-likeness (QED) is 0.119. The van der Waals surface area contributed by atoms with Crippen LogP contribution in [-0.2, 0) is 18.3 Å². The van der Waals surface area contributed by atoms with Crippen LogP contribution in [-0.4, -0.2) is 36.7 Å². The SMILES string of the molecule is OC1=CC(Cc2cc([C@]3(c4ccc(O)c(Cc5ccc(O)c(O)c5)c4)c4ccc#cc4-c4ccccc43)ccc2O)=CCC1O. The summed E-state index contributed by atoms with van der Waals surface area (Å²) in [6, 6.07) is 34.2. The number of phenolic OH excluding ortho intramolecular Hbond substituents is 4. The molecule has 6 heteroatoms. The minimum atomic E-state index is -0.925. The number of aliphatic hydroxyl groups is 2. The van der Waals surface area contributed by atoms with E-state index in [0.29, 0.717) is 30.4 Å². The van der Waals surface area contributed by atoms with E-state index < -0.39 is 11.5 Å². The van der Waals surface area contributed by atoms with E-state index in [4.69, 9.17) is 0 Å². The largest absolute Gasteiger partial charge is 0.510 e. The van der Waals surface area contributed by atoms with Gasteiger partial charge in [0, 0.05) is 18.4 Å². The van der Waals surface area contributed by atoms with E-state index in [0.717, 1.165) is 44.5 Å². The lowest BCUT2D eigenvalue weighted by atomic mass is 9.67. The van der Waals surface area contributed by atoms with Crippen molar-refractivity contribution >= 4 is 0 Å². The zero-order valence-electron chi connectivity index (χ0n) is 24.2. The molecule has 5 aromatic carbocycles. The normalized spacial score (nSPS) is 16.2. The van der Waals surface area contributed by atoms with Crippen molar-refractivity contribution in [2.75, 3.05) is 0 Å². The Labute approximate surface area is 260 Å². The summed E-state index contributed by atoms with van der Waals surface area (Å²) in [5, 5.41) is 62.1. The van der Waals surface area contributed by atoms with Crippen LogP contribution < -0.4 is 0 Å². The number of hydrogen-bond acceptors (Lipinski definition) is 6. The molecular weight excluding hydrogens is 564 g/mol. The first-order chi connectivity index (χ1) is 21.8. The molecule has 7 rings (SSSR count). The molecule has 2 atom stereocenters. The van der Waals surface area contributed by atoms with Crippen LogP contribution in [0, 0.1) is 12.1 Å². The first-order valence-corrected chi connectivity index (χ1v) is 14.7. The van der Waals surface area contributed by atoms with Gasteiger partial charge in [-0.2, -0.15) is 0 Å². The number of fused-ring (bicyclic) bond motifs is 3. The maximum absolute atomic E-state index is 11.0. The molecule has 5 aromatic rings. The molecule has 0 aromatic heterocycles. The molecule has 1 unspecified atom stereocenters. The smallest absolute Gasteiger partial charge is 0.157 e. The third-order valence-corrected chi connectivity index (χ3v) is 8.94. The fraction of sp³-hybridized carbons (Fsp3) is 0.128.